The number of hydrogen-bond acceptors (Lipinski definition) is 2. The number of nitrogens with one attached hydrogen (secondary N) is 1. The van der Waals surface area contributed by atoms with Crippen LogP contribution in [0.1, 0.15) is 52.9 Å². The molecule has 2 N–H and O–H groups in total. The Morgan fingerprint density at radius 2 is 2.12 bits per heavy atom. The normalized spacial score (nSPS) is 20.5. The number of carboxylic acid groups (broad SMARTS) is 1. The van der Waals surface area contributed by atoms with E-state index in [1.807, 2.05) is 6.92 Å². The largest absolute Gasteiger partial charge is 0.480 e. The van der Waals surface area contributed by atoms with Crippen LogP contribution in [0.25, 0.3) is 0 Å². The number of rotatable bonds is 7. The van der Waals surface area contributed by atoms with Crippen molar-refractivity contribution in [2.24, 2.45) is 11.8 Å². The van der Waals surface area contributed by atoms with Gasteiger partial charge in [-0.25, -0.2) is 0 Å². The summed E-state index contributed by atoms with van der Waals surface area (Å²) in [6, 6.07) is 0. The Morgan fingerprint density at radius 3 is 2.50 bits per heavy atom. The first-order chi connectivity index (χ1) is 7.44. The van der Waals surface area contributed by atoms with Crippen molar-refractivity contribution in [2.45, 2.75) is 58.4 Å². The Balaban J connectivity index is 2.39. The fraction of sp³-hybridized carbons (Fsp3) is 0.923. The first kappa shape index (κ1) is 13.5. The third-order valence-electron chi connectivity index (χ3n) is 3.70. The second-order valence-electron chi connectivity index (χ2n) is 5.75. The van der Waals surface area contributed by atoms with Gasteiger partial charge in [-0.15, -0.1) is 0 Å². The van der Waals surface area contributed by atoms with Crippen molar-refractivity contribution < 1.29 is 9.90 Å². The Bertz CT molecular complexity index is 236. The highest BCUT2D eigenvalue weighted by molar-refractivity contribution is 5.78. The molecular formula is C13H25NO2. The molecule has 0 radical (unpaired) electrons. The third-order valence-corrected chi connectivity index (χ3v) is 3.70. The molecule has 1 aliphatic rings. The zero-order chi connectivity index (χ0) is 12.2. The summed E-state index contributed by atoms with van der Waals surface area (Å²) in [6.45, 7) is 6.94. The topological polar surface area (TPSA) is 49.3 Å². The molecule has 16 heavy (non-hydrogen) atoms. The summed E-state index contributed by atoms with van der Waals surface area (Å²) in [4.78, 5) is 11.3. The molecule has 3 heteroatoms. The van der Waals surface area contributed by atoms with E-state index >= 15 is 0 Å². The smallest absolute Gasteiger partial charge is 0.323 e. The van der Waals surface area contributed by atoms with Crippen molar-refractivity contribution in [3.8, 4) is 0 Å². The first-order valence-corrected chi connectivity index (χ1v) is 6.42. The molecule has 0 aromatic rings. The van der Waals surface area contributed by atoms with Gasteiger partial charge in [0.2, 0.25) is 0 Å². The molecule has 0 spiro atoms. The van der Waals surface area contributed by atoms with E-state index in [0.717, 1.165) is 13.0 Å². The third kappa shape index (κ3) is 3.78. The Labute approximate surface area is 98.6 Å². The van der Waals surface area contributed by atoms with Crippen LogP contribution in [-0.4, -0.2) is 23.2 Å². The number of aliphatic carboxylic acids is 1. The van der Waals surface area contributed by atoms with E-state index < -0.39 is 11.5 Å². The lowest BCUT2D eigenvalue weighted by molar-refractivity contribution is -0.144. The summed E-state index contributed by atoms with van der Waals surface area (Å²) in [5.41, 5.74) is -0.736. The van der Waals surface area contributed by atoms with Crippen LogP contribution in [0.3, 0.4) is 0 Å². The molecular weight excluding hydrogens is 202 g/mol. The SMILES string of the molecule is CC(C)CCC(C)(NCC1CCC1)C(=O)O. The van der Waals surface area contributed by atoms with Gasteiger partial charge in [-0.05, 0) is 51.0 Å². The predicted octanol–water partition coefficient (Wildman–Crippen LogP) is 2.66. The molecule has 1 fully saturated rings. The van der Waals surface area contributed by atoms with Gasteiger partial charge in [-0.3, -0.25) is 4.79 Å². The molecule has 0 aromatic heterocycles. The lowest BCUT2D eigenvalue weighted by Crippen LogP contribution is -2.51. The maximum absolute atomic E-state index is 11.3. The van der Waals surface area contributed by atoms with Crippen molar-refractivity contribution in [1.82, 2.24) is 5.32 Å². The standard InChI is InChI=1S/C13H25NO2/c1-10(2)7-8-13(3,12(15)16)14-9-11-5-4-6-11/h10-11,14H,4-9H2,1-3H3,(H,15,16). The van der Waals surface area contributed by atoms with Gasteiger partial charge in [0.05, 0.1) is 0 Å². The lowest BCUT2D eigenvalue weighted by atomic mass is 9.84. The molecule has 1 unspecified atom stereocenters. The van der Waals surface area contributed by atoms with E-state index in [1.165, 1.54) is 19.3 Å². The van der Waals surface area contributed by atoms with Gasteiger partial charge in [-0.1, -0.05) is 20.3 Å². The van der Waals surface area contributed by atoms with Gasteiger partial charge >= 0.3 is 5.97 Å². The van der Waals surface area contributed by atoms with Gasteiger partial charge in [0.1, 0.15) is 5.54 Å². The maximum atomic E-state index is 11.3. The molecule has 0 amide bonds. The molecule has 94 valence electrons. The molecule has 1 rings (SSSR count). The summed E-state index contributed by atoms with van der Waals surface area (Å²) in [5, 5.41) is 12.5. The predicted molar refractivity (Wildman–Crippen MR) is 65.5 cm³/mol. The summed E-state index contributed by atoms with van der Waals surface area (Å²) in [6.07, 6.45) is 5.50. The van der Waals surface area contributed by atoms with E-state index in [0.29, 0.717) is 18.3 Å². The summed E-state index contributed by atoms with van der Waals surface area (Å²) >= 11 is 0. The Kier molecular flexibility index (Phi) is 4.78. The Morgan fingerprint density at radius 1 is 1.50 bits per heavy atom. The quantitative estimate of drug-likeness (QED) is 0.703. The Hall–Kier alpha value is -0.570. The zero-order valence-corrected chi connectivity index (χ0v) is 10.8. The zero-order valence-electron chi connectivity index (χ0n) is 10.8. The van der Waals surface area contributed by atoms with Crippen molar-refractivity contribution >= 4 is 5.97 Å². The highest BCUT2D eigenvalue weighted by Gasteiger charge is 2.33. The summed E-state index contributed by atoms with van der Waals surface area (Å²) in [5.74, 6) is 0.550. The average molecular weight is 227 g/mol. The highest BCUT2D eigenvalue weighted by Crippen LogP contribution is 2.26. The van der Waals surface area contributed by atoms with Crippen LogP contribution in [0.4, 0.5) is 0 Å². The first-order valence-electron chi connectivity index (χ1n) is 6.42. The second-order valence-corrected chi connectivity index (χ2v) is 5.75. The monoisotopic (exact) mass is 227 g/mol. The lowest BCUT2D eigenvalue weighted by Gasteiger charge is -2.32. The molecule has 1 saturated carbocycles. The molecule has 0 aromatic carbocycles. The van der Waals surface area contributed by atoms with Gasteiger partial charge in [0.25, 0.3) is 0 Å². The van der Waals surface area contributed by atoms with Crippen LogP contribution in [0.15, 0.2) is 0 Å². The molecule has 3 nitrogen and oxygen atoms in total. The minimum absolute atomic E-state index is 0.559. The average Bonchev–Trinajstić information content (AvgIpc) is 2.12. The fourth-order valence-electron chi connectivity index (χ4n) is 1.91. The van der Waals surface area contributed by atoms with E-state index in [4.69, 9.17) is 0 Å². The molecule has 0 bridgehead atoms. The van der Waals surface area contributed by atoms with Crippen molar-refractivity contribution in [2.75, 3.05) is 6.54 Å². The molecule has 0 heterocycles. The van der Waals surface area contributed by atoms with Gasteiger partial charge < -0.3 is 10.4 Å². The van der Waals surface area contributed by atoms with E-state index in [-0.39, 0.29) is 0 Å². The van der Waals surface area contributed by atoms with E-state index in [9.17, 15) is 9.90 Å². The number of hydrogen-bond donors (Lipinski definition) is 2. The van der Waals surface area contributed by atoms with Gasteiger partial charge in [0.15, 0.2) is 0 Å². The van der Waals surface area contributed by atoms with Crippen molar-refractivity contribution in [3.05, 3.63) is 0 Å². The number of carboxylic acids is 1. The van der Waals surface area contributed by atoms with Gasteiger partial charge in [-0.2, -0.15) is 0 Å². The van der Waals surface area contributed by atoms with E-state index in [1.54, 1.807) is 0 Å². The molecule has 1 atom stereocenters. The van der Waals surface area contributed by atoms with Gasteiger partial charge in [0, 0.05) is 0 Å². The van der Waals surface area contributed by atoms with Crippen LogP contribution in [0.2, 0.25) is 0 Å². The van der Waals surface area contributed by atoms with Crippen molar-refractivity contribution in [1.29, 1.82) is 0 Å². The maximum Gasteiger partial charge on any atom is 0.323 e. The molecule has 0 saturated heterocycles. The second kappa shape index (κ2) is 5.67. The molecule has 0 aliphatic heterocycles. The molecule has 1 aliphatic carbocycles. The van der Waals surface area contributed by atoms with Crippen LogP contribution < -0.4 is 5.32 Å². The van der Waals surface area contributed by atoms with Crippen LogP contribution >= 0.6 is 0 Å². The van der Waals surface area contributed by atoms with Crippen LogP contribution in [0.5, 0.6) is 0 Å². The van der Waals surface area contributed by atoms with Crippen LogP contribution in [0, 0.1) is 11.8 Å². The minimum atomic E-state index is -0.736. The van der Waals surface area contributed by atoms with Crippen molar-refractivity contribution in [3.63, 3.8) is 0 Å². The summed E-state index contributed by atoms with van der Waals surface area (Å²) < 4.78 is 0. The van der Waals surface area contributed by atoms with E-state index in [2.05, 4.69) is 19.2 Å². The number of carbonyl (C=O) groups is 1. The fourth-order valence-corrected chi connectivity index (χ4v) is 1.91. The van der Waals surface area contributed by atoms with Crippen LogP contribution in [-0.2, 0) is 4.79 Å². The summed E-state index contributed by atoms with van der Waals surface area (Å²) in [7, 11) is 0. The highest BCUT2D eigenvalue weighted by atomic mass is 16.4. The minimum Gasteiger partial charge on any atom is -0.480 e.